The molecule has 0 aliphatic heterocycles. The van der Waals surface area contributed by atoms with E-state index in [1.807, 2.05) is 25.1 Å². The van der Waals surface area contributed by atoms with Crippen LogP contribution in [-0.2, 0) is 5.60 Å². The summed E-state index contributed by atoms with van der Waals surface area (Å²) in [6.45, 7) is 1.99. The SMILES string of the molecule is COc1cccc(C2(O)CC2)c1C. The van der Waals surface area contributed by atoms with E-state index >= 15 is 0 Å². The Morgan fingerprint density at radius 1 is 1.38 bits per heavy atom. The van der Waals surface area contributed by atoms with Crippen molar-refractivity contribution in [1.82, 2.24) is 0 Å². The molecule has 0 radical (unpaired) electrons. The van der Waals surface area contributed by atoms with Gasteiger partial charge in [0.05, 0.1) is 12.7 Å². The highest BCUT2D eigenvalue weighted by Crippen LogP contribution is 2.47. The third-order valence-corrected chi connectivity index (χ3v) is 2.73. The minimum atomic E-state index is -0.557. The third kappa shape index (κ3) is 1.31. The molecule has 0 atom stereocenters. The Kier molecular flexibility index (Phi) is 1.81. The van der Waals surface area contributed by atoms with Crippen LogP contribution in [-0.4, -0.2) is 12.2 Å². The zero-order valence-electron chi connectivity index (χ0n) is 8.00. The number of ether oxygens (including phenoxy) is 1. The van der Waals surface area contributed by atoms with Gasteiger partial charge in [0.15, 0.2) is 0 Å². The molecule has 1 aromatic carbocycles. The molecular formula is C11H14O2. The molecule has 1 N–H and O–H groups in total. The average molecular weight is 178 g/mol. The minimum Gasteiger partial charge on any atom is -0.496 e. The van der Waals surface area contributed by atoms with Crippen molar-refractivity contribution in [3.63, 3.8) is 0 Å². The van der Waals surface area contributed by atoms with Gasteiger partial charge >= 0.3 is 0 Å². The van der Waals surface area contributed by atoms with Crippen molar-refractivity contribution in [3.8, 4) is 5.75 Å². The van der Waals surface area contributed by atoms with Crippen LogP contribution in [0.2, 0.25) is 0 Å². The molecule has 1 aliphatic rings. The lowest BCUT2D eigenvalue weighted by molar-refractivity contribution is 0.150. The van der Waals surface area contributed by atoms with Crippen molar-refractivity contribution >= 4 is 0 Å². The van der Waals surface area contributed by atoms with Crippen LogP contribution < -0.4 is 4.74 Å². The highest BCUT2D eigenvalue weighted by molar-refractivity contribution is 5.44. The molecule has 0 aromatic heterocycles. The summed E-state index contributed by atoms with van der Waals surface area (Å²) in [6.07, 6.45) is 1.75. The molecule has 0 unspecified atom stereocenters. The summed E-state index contributed by atoms with van der Waals surface area (Å²) in [6, 6.07) is 5.83. The number of methoxy groups -OCH3 is 1. The summed E-state index contributed by atoms with van der Waals surface area (Å²) in [5.41, 5.74) is 1.52. The number of aliphatic hydroxyl groups is 1. The van der Waals surface area contributed by atoms with Crippen molar-refractivity contribution in [2.45, 2.75) is 25.4 Å². The second kappa shape index (κ2) is 2.74. The molecule has 1 fully saturated rings. The lowest BCUT2D eigenvalue weighted by Gasteiger charge is -2.14. The van der Waals surface area contributed by atoms with Gasteiger partial charge in [-0.1, -0.05) is 12.1 Å². The van der Waals surface area contributed by atoms with Gasteiger partial charge in [0, 0.05) is 0 Å². The predicted octanol–water partition coefficient (Wildman–Crippen LogP) is 1.99. The minimum absolute atomic E-state index is 0.557. The van der Waals surface area contributed by atoms with Crippen LogP contribution in [0.4, 0.5) is 0 Å². The largest absolute Gasteiger partial charge is 0.496 e. The van der Waals surface area contributed by atoms with Crippen LogP contribution in [0.25, 0.3) is 0 Å². The smallest absolute Gasteiger partial charge is 0.122 e. The zero-order chi connectivity index (χ0) is 9.47. The Morgan fingerprint density at radius 3 is 2.62 bits per heavy atom. The number of hydrogen-bond donors (Lipinski definition) is 1. The van der Waals surface area contributed by atoms with Crippen molar-refractivity contribution in [1.29, 1.82) is 0 Å². The Hall–Kier alpha value is -1.02. The molecule has 0 heterocycles. The highest BCUT2D eigenvalue weighted by atomic mass is 16.5. The third-order valence-electron chi connectivity index (χ3n) is 2.73. The average Bonchev–Trinajstić information content (AvgIpc) is 2.85. The standard InChI is InChI=1S/C11H14O2/c1-8-9(11(12)6-7-11)4-3-5-10(8)13-2/h3-5,12H,6-7H2,1-2H3. The van der Waals surface area contributed by atoms with Crippen LogP contribution in [0.5, 0.6) is 5.75 Å². The second-order valence-corrected chi connectivity index (χ2v) is 3.66. The van der Waals surface area contributed by atoms with E-state index in [4.69, 9.17) is 4.74 Å². The predicted molar refractivity (Wildman–Crippen MR) is 50.9 cm³/mol. The normalized spacial score (nSPS) is 18.4. The van der Waals surface area contributed by atoms with E-state index in [1.165, 1.54) is 0 Å². The van der Waals surface area contributed by atoms with Gasteiger partial charge in [0.25, 0.3) is 0 Å². The van der Waals surface area contributed by atoms with Gasteiger partial charge in [-0.15, -0.1) is 0 Å². The fourth-order valence-electron chi connectivity index (χ4n) is 1.73. The summed E-state index contributed by atoms with van der Waals surface area (Å²) < 4.78 is 5.20. The van der Waals surface area contributed by atoms with Crippen LogP contribution in [0.3, 0.4) is 0 Å². The molecule has 0 saturated heterocycles. The van der Waals surface area contributed by atoms with E-state index in [0.717, 1.165) is 29.7 Å². The first kappa shape index (κ1) is 8.57. The van der Waals surface area contributed by atoms with Gasteiger partial charge in [0.2, 0.25) is 0 Å². The van der Waals surface area contributed by atoms with Crippen LogP contribution in [0, 0.1) is 6.92 Å². The Morgan fingerprint density at radius 2 is 2.08 bits per heavy atom. The quantitative estimate of drug-likeness (QED) is 0.750. The molecule has 2 nitrogen and oxygen atoms in total. The zero-order valence-corrected chi connectivity index (χ0v) is 8.00. The summed E-state index contributed by atoms with van der Waals surface area (Å²) in [5, 5.41) is 9.95. The summed E-state index contributed by atoms with van der Waals surface area (Å²) in [4.78, 5) is 0. The molecule has 2 heteroatoms. The van der Waals surface area contributed by atoms with E-state index in [0.29, 0.717) is 0 Å². The van der Waals surface area contributed by atoms with Gasteiger partial charge in [-0.2, -0.15) is 0 Å². The maximum Gasteiger partial charge on any atom is 0.122 e. The number of hydrogen-bond acceptors (Lipinski definition) is 2. The molecule has 1 aliphatic carbocycles. The van der Waals surface area contributed by atoms with Gasteiger partial charge in [-0.25, -0.2) is 0 Å². The van der Waals surface area contributed by atoms with Gasteiger partial charge < -0.3 is 9.84 Å². The maximum atomic E-state index is 9.95. The van der Waals surface area contributed by atoms with Crippen molar-refractivity contribution in [2.75, 3.05) is 7.11 Å². The number of benzene rings is 1. The Labute approximate surface area is 78.2 Å². The van der Waals surface area contributed by atoms with Gasteiger partial charge in [-0.05, 0) is 37.0 Å². The van der Waals surface area contributed by atoms with Crippen molar-refractivity contribution in [2.24, 2.45) is 0 Å². The van der Waals surface area contributed by atoms with Crippen LogP contribution in [0.1, 0.15) is 24.0 Å². The molecule has 0 spiro atoms. The first-order valence-corrected chi connectivity index (χ1v) is 4.54. The van der Waals surface area contributed by atoms with E-state index in [-0.39, 0.29) is 0 Å². The van der Waals surface area contributed by atoms with Crippen LogP contribution in [0.15, 0.2) is 18.2 Å². The topological polar surface area (TPSA) is 29.5 Å². The van der Waals surface area contributed by atoms with E-state index in [2.05, 4.69) is 0 Å². The first-order valence-electron chi connectivity index (χ1n) is 4.54. The summed E-state index contributed by atoms with van der Waals surface area (Å²) in [5.74, 6) is 0.859. The summed E-state index contributed by atoms with van der Waals surface area (Å²) in [7, 11) is 1.66. The lowest BCUT2D eigenvalue weighted by atomic mass is 10.0. The van der Waals surface area contributed by atoms with E-state index in [1.54, 1.807) is 7.11 Å². The Bertz CT molecular complexity index is 327. The van der Waals surface area contributed by atoms with Gasteiger partial charge in [0.1, 0.15) is 5.75 Å². The molecule has 0 bridgehead atoms. The molecule has 70 valence electrons. The molecule has 1 saturated carbocycles. The fourth-order valence-corrected chi connectivity index (χ4v) is 1.73. The van der Waals surface area contributed by atoms with E-state index in [9.17, 15) is 5.11 Å². The number of rotatable bonds is 2. The monoisotopic (exact) mass is 178 g/mol. The maximum absolute atomic E-state index is 9.95. The highest BCUT2D eigenvalue weighted by Gasteiger charge is 2.43. The van der Waals surface area contributed by atoms with Crippen LogP contribution >= 0.6 is 0 Å². The van der Waals surface area contributed by atoms with Gasteiger partial charge in [-0.3, -0.25) is 0 Å². The van der Waals surface area contributed by atoms with Crippen molar-refractivity contribution < 1.29 is 9.84 Å². The summed E-state index contributed by atoms with van der Waals surface area (Å²) >= 11 is 0. The van der Waals surface area contributed by atoms with E-state index < -0.39 is 5.60 Å². The fraction of sp³-hybridized carbons (Fsp3) is 0.455. The van der Waals surface area contributed by atoms with Crippen molar-refractivity contribution in [3.05, 3.63) is 29.3 Å². The second-order valence-electron chi connectivity index (χ2n) is 3.66. The molecule has 0 amide bonds. The lowest BCUT2D eigenvalue weighted by Crippen LogP contribution is -2.07. The molecule has 13 heavy (non-hydrogen) atoms. The molecule has 2 rings (SSSR count). The molecular weight excluding hydrogens is 164 g/mol. The molecule has 1 aromatic rings. The first-order chi connectivity index (χ1) is 6.17. The Balaban J connectivity index is 2.46.